The van der Waals surface area contributed by atoms with E-state index in [1.54, 1.807) is 6.20 Å². The molecule has 0 saturated carbocycles. The van der Waals surface area contributed by atoms with Crippen molar-refractivity contribution in [1.29, 1.82) is 0 Å². The lowest BCUT2D eigenvalue weighted by atomic mass is 10.1. The second kappa shape index (κ2) is 3.38. The molecule has 2 nitrogen and oxygen atoms in total. The first-order valence-corrected chi connectivity index (χ1v) is 4.23. The largest absolute Gasteiger partial charge is 0.307 e. The number of hydrogen-bond acceptors (Lipinski definition) is 2. The third kappa shape index (κ3) is 1.83. The Bertz CT molecular complexity index is 303. The number of nitrogens with zero attached hydrogens (tertiary/aromatic N) is 1. The molecule has 70 valence electrons. The topological polar surface area (TPSA) is 24.9 Å². The van der Waals surface area contributed by atoms with E-state index in [2.05, 4.69) is 10.3 Å². The lowest BCUT2D eigenvalue weighted by Gasteiger charge is -2.08. The summed E-state index contributed by atoms with van der Waals surface area (Å²) < 4.78 is 25.5. The molecule has 0 aliphatic carbocycles. The maximum atomic E-state index is 12.8. The van der Waals surface area contributed by atoms with E-state index in [1.807, 2.05) is 0 Å². The quantitative estimate of drug-likeness (QED) is 0.717. The fourth-order valence-corrected chi connectivity index (χ4v) is 1.57. The number of rotatable bonds is 1. The lowest BCUT2D eigenvalue weighted by Crippen LogP contribution is -2.14. The number of nitrogens with one attached hydrogen (secondary N) is 1. The molecule has 4 heteroatoms. The van der Waals surface area contributed by atoms with Gasteiger partial charge in [-0.3, -0.25) is 4.98 Å². The zero-order valence-corrected chi connectivity index (χ0v) is 7.00. The first-order valence-electron chi connectivity index (χ1n) is 4.23. The van der Waals surface area contributed by atoms with Crippen molar-refractivity contribution >= 4 is 0 Å². The molecule has 2 rings (SSSR count). The van der Waals surface area contributed by atoms with E-state index in [4.69, 9.17) is 0 Å². The first kappa shape index (κ1) is 8.56. The summed E-state index contributed by atoms with van der Waals surface area (Å²) in [6, 6.07) is 1.31. The summed E-state index contributed by atoms with van der Waals surface area (Å²) in [5, 5.41) is 2.97. The first-order chi connectivity index (χ1) is 6.25. The molecule has 1 aliphatic rings. The van der Waals surface area contributed by atoms with Gasteiger partial charge in [0.05, 0.1) is 6.20 Å². The molecule has 0 bridgehead atoms. The highest BCUT2D eigenvalue weighted by Gasteiger charge is 2.24. The zero-order chi connectivity index (χ0) is 9.26. The number of halogens is 2. The molecule has 0 spiro atoms. The summed E-state index contributed by atoms with van der Waals surface area (Å²) in [5.41, 5.74) is 0.722. The molecule has 1 aliphatic heterocycles. The average molecular weight is 184 g/mol. The highest BCUT2D eigenvalue weighted by Crippen LogP contribution is 2.24. The maximum Gasteiger partial charge on any atom is 0.141 e. The van der Waals surface area contributed by atoms with Crippen LogP contribution in [0.15, 0.2) is 18.5 Å². The van der Waals surface area contributed by atoms with Crippen molar-refractivity contribution in [2.24, 2.45) is 0 Å². The molecule has 0 amide bonds. The Morgan fingerprint density at radius 2 is 2.31 bits per heavy atom. The molecule has 1 aromatic heterocycles. The van der Waals surface area contributed by atoms with Crippen LogP contribution in [0.3, 0.4) is 0 Å². The van der Waals surface area contributed by atoms with Crippen LogP contribution in [0.5, 0.6) is 0 Å². The molecule has 1 aromatic rings. The molecular weight excluding hydrogens is 174 g/mol. The van der Waals surface area contributed by atoms with Crippen molar-refractivity contribution in [3.63, 3.8) is 0 Å². The monoisotopic (exact) mass is 184 g/mol. The molecule has 1 fully saturated rings. The minimum absolute atomic E-state index is 0.0850. The van der Waals surface area contributed by atoms with Crippen LogP contribution < -0.4 is 5.32 Å². The Balaban J connectivity index is 2.16. The molecule has 1 unspecified atom stereocenters. The van der Waals surface area contributed by atoms with Crippen molar-refractivity contribution in [3.05, 3.63) is 29.8 Å². The van der Waals surface area contributed by atoms with E-state index in [0.717, 1.165) is 11.8 Å². The molecule has 0 aromatic carbocycles. The van der Waals surface area contributed by atoms with Crippen LogP contribution in [-0.2, 0) is 0 Å². The highest BCUT2D eigenvalue weighted by molar-refractivity contribution is 5.16. The molecule has 0 radical (unpaired) electrons. The van der Waals surface area contributed by atoms with Gasteiger partial charge in [-0.05, 0) is 18.1 Å². The fourth-order valence-electron chi connectivity index (χ4n) is 1.57. The van der Waals surface area contributed by atoms with Crippen LogP contribution in [0.25, 0.3) is 0 Å². The molecular formula is C9H10F2N2. The zero-order valence-electron chi connectivity index (χ0n) is 7.00. The summed E-state index contributed by atoms with van der Waals surface area (Å²) in [6.45, 7) is 0.348. The van der Waals surface area contributed by atoms with Crippen molar-refractivity contribution < 1.29 is 8.78 Å². The smallest absolute Gasteiger partial charge is 0.141 e. The van der Waals surface area contributed by atoms with Crippen molar-refractivity contribution in [3.8, 4) is 0 Å². The van der Waals surface area contributed by atoms with E-state index >= 15 is 0 Å². The van der Waals surface area contributed by atoms with Gasteiger partial charge >= 0.3 is 0 Å². The molecule has 1 N–H and O–H groups in total. The highest BCUT2D eigenvalue weighted by atomic mass is 19.1. The predicted octanol–water partition coefficient (Wildman–Crippen LogP) is 1.59. The van der Waals surface area contributed by atoms with E-state index in [0.29, 0.717) is 13.0 Å². The van der Waals surface area contributed by atoms with Crippen LogP contribution in [0.1, 0.15) is 18.0 Å². The van der Waals surface area contributed by atoms with E-state index in [1.165, 1.54) is 6.07 Å². The molecule has 13 heavy (non-hydrogen) atoms. The minimum atomic E-state index is -0.826. The Morgan fingerprint density at radius 1 is 1.46 bits per heavy atom. The van der Waals surface area contributed by atoms with Crippen molar-refractivity contribution in [1.82, 2.24) is 10.3 Å². The number of aromatic nitrogens is 1. The summed E-state index contributed by atoms with van der Waals surface area (Å²) in [7, 11) is 0. The van der Waals surface area contributed by atoms with Crippen LogP contribution >= 0.6 is 0 Å². The molecule has 1 saturated heterocycles. The second-order valence-electron chi connectivity index (χ2n) is 3.23. The summed E-state index contributed by atoms with van der Waals surface area (Å²) >= 11 is 0. The van der Waals surface area contributed by atoms with Gasteiger partial charge in [-0.2, -0.15) is 0 Å². The minimum Gasteiger partial charge on any atom is -0.307 e. The lowest BCUT2D eigenvalue weighted by molar-refractivity contribution is 0.356. The van der Waals surface area contributed by atoms with Crippen molar-refractivity contribution in [2.45, 2.75) is 18.6 Å². The number of pyridine rings is 1. The average Bonchev–Trinajstić information content (AvgIpc) is 2.52. The van der Waals surface area contributed by atoms with Gasteiger partial charge in [0, 0.05) is 18.8 Å². The predicted molar refractivity (Wildman–Crippen MR) is 44.5 cm³/mol. The Kier molecular flexibility index (Phi) is 2.22. The fraction of sp³-hybridized carbons (Fsp3) is 0.444. The van der Waals surface area contributed by atoms with Crippen LogP contribution in [-0.4, -0.2) is 17.7 Å². The summed E-state index contributed by atoms with van der Waals surface area (Å²) in [5.74, 6) is -0.374. The molecule has 2 atom stereocenters. The van der Waals surface area contributed by atoms with Crippen LogP contribution in [0.2, 0.25) is 0 Å². The Hall–Kier alpha value is -1.03. The van der Waals surface area contributed by atoms with Gasteiger partial charge in [-0.25, -0.2) is 8.78 Å². The Labute approximate surface area is 75.0 Å². The standard InChI is InChI=1S/C9H10F2N2/c10-7-1-6(3-12-4-7)9-2-8(11)5-13-9/h1,3-4,8-9,13H,2,5H2/t8?,9-/m1/s1. The van der Waals surface area contributed by atoms with Gasteiger partial charge in [0.15, 0.2) is 0 Å². The van der Waals surface area contributed by atoms with Crippen LogP contribution in [0, 0.1) is 5.82 Å². The van der Waals surface area contributed by atoms with Gasteiger partial charge in [-0.1, -0.05) is 0 Å². The third-order valence-corrected chi connectivity index (χ3v) is 2.21. The van der Waals surface area contributed by atoms with Gasteiger partial charge in [0.25, 0.3) is 0 Å². The second-order valence-corrected chi connectivity index (χ2v) is 3.23. The Morgan fingerprint density at radius 3 is 2.92 bits per heavy atom. The number of alkyl halides is 1. The summed E-state index contributed by atoms with van der Waals surface area (Å²) in [4.78, 5) is 3.72. The van der Waals surface area contributed by atoms with E-state index < -0.39 is 6.17 Å². The van der Waals surface area contributed by atoms with Gasteiger partial charge in [0.1, 0.15) is 12.0 Å². The number of hydrogen-bond donors (Lipinski definition) is 1. The van der Waals surface area contributed by atoms with Crippen molar-refractivity contribution in [2.75, 3.05) is 6.54 Å². The van der Waals surface area contributed by atoms with Gasteiger partial charge in [0.2, 0.25) is 0 Å². The molecule has 2 heterocycles. The van der Waals surface area contributed by atoms with Gasteiger partial charge in [-0.15, -0.1) is 0 Å². The van der Waals surface area contributed by atoms with Gasteiger partial charge < -0.3 is 5.32 Å². The van der Waals surface area contributed by atoms with E-state index in [-0.39, 0.29) is 11.9 Å². The summed E-state index contributed by atoms with van der Waals surface area (Å²) in [6.07, 6.45) is 2.29. The van der Waals surface area contributed by atoms with E-state index in [9.17, 15) is 8.78 Å². The van der Waals surface area contributed by atoms with Crippen LogP contribution in [0.4, 0.5) is 8.78 Å². The SMILES string of the molecule is Fc1cncc([C@H]2CC(F)CN2)c1. The normalized spacial score (nSPS) is 27.8. The maximum absolute atomic E-state index is 12.8. The third-order valence-electron chi connectivity index (χ3n) is 2.21.